The summed E-state index contributed by atoms with van der Waals surface area (Å²) >= 11 is 0. The van der Waals surface area contributed by atoms with Gasteiger partial charge in [-0.2, -0.15) is 0 Å². The number of ether oxygens (including phenoxy) is 5. The van der Waals surface area contributed by atoms with Crippen molar-refractivity contribution in [3.8, 4) is 0 Å². The quantitative estimate of drug-likeness (QED) is 0.282. The van der Waals surface area contributed by atoms with Crippen molar-refractivity contribution in [2.24, 2.45) is 22.5 Å². The Labute approximate surface area is 218 Å². The van der Waals surface area contributed by atoms with E-state index in [0.29, 0.717) is 19.4 Å². The molecule has 0 aromatic heterocycles. The van der Waals surface area contributed by atoms with Gasteiger partial charge in [-0.1, -0.05) is 37.6 Å². The molecule has 3 unspecified atom stereocenters. The van der Waals surface area contributed by atoms with Gasteiger partial charge in [-0.15, -0.1) is 0 Å². The summed E-state index contributed by atoms with van der Waals surface area (Å²) in [7, 11) is 0. The molecule has 37 heavy (non-hydrogen) atoms. The maximum absolute atomic E-state index is 13.1. The highest BCUT2D eigenvalue weighted by molar-refractivity contribution is 5.82. The predicted molar refractivity (Wildman–Crippen MR) is 133 cm³/mol. The summed E-state index contributed by atoms with van der Waals surface area (Å²) in [6.07, 6.45) is 8.51. The molecule has 9 atom stereocenters. The van der Waals surface area contributed by atoms with E-state index in [1.165, 1.54) is 23.8 Å². The van der Waals surface area contributed by atoms with Crippen LogP contribution in [-0.2, 0) is 33.3 Å². The fourth-order valence-corrected chi connectivity index (χ4v) is 7.22. The monoisotopic (exact) mass is 517 g/mol. The van der Waals surface area contributed by atoms with E-state index in [1.54, 1.807) is 6.08 Å². The van der Waals surface area contributed by atoms with Crippen LogP contribution in [0.2, 0.25) is 0 Å². The molecule has 2 saturated heterocycles. The van der Waals surface area contributed by atoms with Crippen LogP contribution >= 0.6 is 0 Å². The number of aliphatic hydroxyl groups excluding tert-OH is 1. The fraction of sp³-hybridized carbons (Fsp3) is 0.714. The van der Waals surface area contributed by atoms with Crippen LogP contribution in [0.4, 0.5) is 0 Å². The van der Waals surface area contributed by atoms with Gasteiger partial charge in [-0.25, -0.2) is 4.79 Å². The second kappa shape index (κ2) is 9.31. The van der Waals surface area contributed by atoms with Crippen molar-refractivity contribution in [1.29, 1.82) is 0 Å². The molecule has 3 N–H and O–H groups in total. The van der Waals surface area contributed by atoms with Gasteiger partial charge in [-0.05, 0) is 45.1 Å². The topological polar surface area (TPSA) is 130 Å². The number of cyclic esters (lactones) is 2. The van der Waals surface area contributed by atoms with Crippen molar-refractivity contribution in [2.45, 2.75) is 89.1 Å². The van der Waals surface area contributed by atoms with E-state index < -0.39 is 52.4 Å². The van der Waals surface area contributed by atoms with Gasteiger partial charge < -0.3 is 34.5 Å². The standard InChI is InChI=1S/C28H39NO8/c1-17-9-11-27-15-34-24(32)23(29)18(2)10-12-33-21(30)7-5-6-8-22(31)36-20-14-25(3,37-19(27)13-17)28(16-35-28)26(20,27)4/h5-8,13,18-20,22-23,31H,9-12,14-16,29H2,1-4H3/b7-5+,8-6-/t18-,19?,20-,22?,23-,25-,26?,27-,28+/m1/s1. The van der Waals surface area contributed by atoms with E-state index in [1.807, 2.05) is 6.92 Å². The van der Waals surface area contributed by atoms with E-state index in [-0.39, 0.29) is 25.2 Å². The van der Waals surface area contributed by atoms with Crippen LogP contribution in [0.15, 0.2) is 36.0 Å². The zero-order chi connectivity index (χ0) is 26.6. The molecule has 9 heteroatoms. The molecule has 3 fully saturated rings. The Bertz CT molecular complexity index is 1030. The highest BCUT2D eigenvalue weighted by atomic mass is 16.7. The number of epoxide rings is 1. The molecule has 2 spiro atoms. The Morgan fingerprint density at radius 2 is 1.89 bits per heavy atom. The Morgan fingerprint density at radius 3 is 2.62 bits per heavy atom. The van der Waals surface area contributed by atoms with Crippen molar-refractivity contribution in [1.82, 2.24) is 0 Å². The van der Waals surface area contributed by atoms with Crippen LogP contribution in [-0.4, -0.2) is 72.6 Å². The third-order valence-corrected chi connectivity index (χ3v) is 9.81. The van der Waals surface area contributed by atoms with Gasteiger partial charge in [0.25, 0.3) is 0 Å². The lowest BCUT2D eigenvalue weighted by Crippen LogP contribution is -2.69. The Hall–Kier alpha value is -2.04. The van der Waals surface area contributed by atoms with Gasteiger partial charge in [0, 0.05) is 23.3 Å². The molecular weight excluding hydrogens is 478 g/mol. The molecule has 0 amide bonds. The second-order valence-corrected chi connectivity index (χ2v) is 11.8. The smallest absolute Gasteiger partial charge is 0.330 e. The Kier molecular flexibility index (Phi) is 6.68. The number of esters is 2. The maximum Gasteiger partial charge on any atom is 0.330 e. The van der Waals surface area contributed by atoms with E-state index in [0.717, 1.165) is 12.8 Å². The lowest BCUT2D eigenvalue weighted by molar-refractivity contribution is -0.267. The number of nitrogens with two attached hydrogens (primary N) is 1. The normalized spacial score (nSPS) is 50.1. The first-order valence-electron chi connectivity index (χ1n) is 13.2. The number of rotatable bonds is 0. The first-order chi connectivity index (χ1) is 17.5. The molecule has 3 heterocycles. The van der Waals surface area contributed by atoms with E-state index in [4.69, 9.17) is 29.4 Å². The average molecular weight is 518 g/mol. The lowest BCUT2D eigenvalue weighted by Gasteiger charge is -2.60. The average Bonchev–Trinajstić information content (AvgIpc) is 3.64. The SMILES string of the molecule is CC1=CC2O[C@]3(C)C[C@H]4OC(O)/C=C\C=C\C(=O)OCC[C@@H](C)[C@@H](N)C(=O)OC[C@@]2(CC1)C4(C)[C@]31CO1. The van der Waals surface area contributed by atoms with E-state index >= 15 is 0 Å². The van der Waals surface area contributed by atoms with Crippen molar-refractivity contribution in [3.63, 3.8) is 0 Å². The lowest BCUT2D eigenvalue weighted by atomic mass is 9.50. The molecular formula is C28H39NO8. The molecule has 0 aromatic carbocycles. The largest absolute Gasteiger partial charge is 0.464 e. The molecule has 9 nitrogen and oxygen atoms in total. The third kappa shape index (κ3) is 4.01. The summed E-state index contributed by atoms with van der Waals surface area (Å²) in [5.74, 6) is -1.27. The van der Waals surface area contributed by atoms with Crippen molar-refractivity contribution in [3.05, 3.63) is 36.0 Å². The van der Waals surface area contributed by atoms with Gasteiger partial charge in [-0.3, -0.25) is 4.79 Å². The number of carbonyl (C=O) groups is 2. The number of carbonyl (C=O) groups excluding carboxylic acids is 2. The number of hydrogen-bond acceptors (Lipinski definition) is 9. The molecule has 5 aliphatic rings. The minimum atomic E-state index is -1.21. The Morgan fingerprint density at radius 1 is 1.14 bits per heavy atom. The van der Waals surface area contributed by atoms with Crippen LogP contribution in [0.5, 0.6) is 0 Å². The van der Waals surface area contributed by atoms with Crippen molar-refractivity contribution >= 4 is 11.9 Å². The minimum absolute atomic E-state index is 0.0991. The molecule has 0 radical (unpaired) electrons. The minimum Gasteiger partial charge on any atom is -0.464 e. The van der Waals surface area contributed by atoms with Gasteiger partial charge in [0.1, 0.15) is 23.9 Å². The molecule has 5 rings (SSSR count). The van der Waals surface area contributed by atoms with Crippen LogP contribution in [0, 0.1) is 16.7 Å². The summed E-state index contributed by atoms with van der Waals surface area (Å²) in [5.41, 5.74) is 5.01. The first kappa shape index (κ1) is 26.6. The number of hydrogen-bond donors (Lipinski definition) is 2. The van der Waals surface area contributed by atoms with Gasteiger partial charge >= 0.3 is 11.9 Å². The van der Waals surface area contributed by atoms with Crippen LogP contribution in [0.3, 0.4) is 0 Å². The number of allylic oxidation sites excluding steroid dienone is 3. The molecule has 2 bridgehead atoms. The van der Waals surface area contributed by atoms with Crippen molar-refractivity contribution < 1.29 is 38.4 Å². The summed E-state index contributed by atoms with van der Waals surface area (Å²) < 4.78 is 30.5. The van der Waals surface area contributed by atoms with Gasteiger partial charge in [0.2, 0.25) is 0 Å². The zero-order valence-electron chi connectivity index (χ0n) is 22.1. The van der Waals surface area contributed by atoms with Gasteiger partial charge in [0.05, 0.1) is 25.4 Å². The summed E-state index contributed by atoms with van der Waals surface area (Å²) in [6, 6.07) is -0.863. The Balaban J connectivity index is 1.55. The van der Waals surface area contributed by atoms with Gasteiger partial charge in [0.15, 0.2) is 6.29 Å². The molecule has 3 aliphatic heterocycles. The van der Waals surface area contributed by atoms with Crippen LogP contribution in [0.1, 0.15) is 53.4 Å². The molecule has 204 valence electrons. The second-order valence-electron chi connectivity index (χ2n) is 11.8. The zero-order valence-corrected chi connectivity index (χ0v) is 22.1. The molecule has 1 saturated carbocycles. The summed E-state index contributed by atoms with van der Waals surface area (Å²) in [5, 5.41) is 10.8. The van der Waals surface area contributed by atoms with Crippen LogP contribution in [0.25, 0.3) is 0 Å². The molecule has 2 aliphatic carbocycles. The van der Waals surface area contributed by atoms with Crippen LogP contribution < -0.4 is 5.73 Å². The predicted octanol–water partition coefficient (Wildman–Crippen LogP) is 2.32. The fourth-order valence-electron chi connectivity index (χ4n) is 7.22. The highest BCUT2D eigenvalue weighted by Gasteiger charge is 2.86. The highest BCUT2D eigenvalue weighted by Crippen LogP contribution is 2.75. The first-order valence-corrected chi connectivity index (χ1v) is 13.2. The summed E-state index contributed by atoms with van der Waals surface area (Å²) in [4.78, 5) is 25.1. The molecule has 0 aromatic rings. The third-order valence-electron chi connectivity index (χ3n) is 9.81. The van der Waals surface area contributed by atoms with Crippen molar-refractivity contribution in [2.75, 3.05) is 19.8 Å². The number of aliphatic hydroxyl groups is 1. The maximum atomic E-state index is 13.1. The summed E-state index contributed by atoms with van der Waals surface area (Å²) in [6.45, 7) is 8.87. The van der Waals surface area contributed by atoms with E-state index in [9.17, 15) is 14.7 Å². The van der Waals surface area contributed by atoms with E-state index in [2.05, 4.69) is 26.8 Å².